The summed E-state index contributed by atoms with van der Waals surface area (Å²) in [6, 6.07) is 7.37. The lowest BCUT2D eigenvalue weighted by atomic mass is 10.2. The van der Waals surface area contributed by atoms with Gasteiger partial charge in [0.25, 0.3) is 0 Å². The second kappa shape index (κ2) is 8.95. The van der Waals surface area contributed by atoms with Gasteiger partial charge in [-0.05, 0) is 45.4 Å². The van der Waals surface area contributed by atoms with Crippen LogP contribution in [-0.2, 0) is 4.74 Å². The number of hydrogen-bond acceptors (Lipinski definition) is 7. The molecule has 4 N–H and O–H groups in total. The van der Waals surface area contributed by atoms with Crippen molar-refractivity contribution in [2.45, 2.75) is 32.8 Å². The number of amides is 1. The van der Waals surface area contributed by atoms with Crippen LogP contribution in [0.1, 0.15) is 27.2 Å². The number of hydrogen-bond donors (Lipinski definition) is 4. The van der Waals surface area contributed by atoms with Gasteiger partial charge in [-0.2, -0.15) is 5.10 Å². The van der Waals surface area contributed by atoms with Crippen molar-refractivity contribution < 1.29 is 9.53 Å². The number of halogens is 1. The average Bonchev–Trinajstić information content (AvgIpc) is 3.04. The standard InChI is InChI=1S/C19H24ClN7O2/c1-19(2,3)29-18(28)22-9-5-8-21-16-14-15(23-11-24-17(14)27-26-16)25-13-7-4-6-12(20)10-13/h4,6-7,10-11H,5,8-9H2,1-3H3,(H,22,28)(H3,21,23,24,25,26,27). The summed E-state index contributed by atoms with van der Waals surface area (Å²) in [6.07, 6.45) is 1.73. The highest BCUT2D eigenvalue weighted by Crippen LogP contribution is 2.28. The maximum atomic E-state index is 11.7. The Kier molecular flexibility index (Phi) is 6.38. The Morgan fingerprint density at radius 3 is 2.79 bits per heavy atom. The number of aromatic amines is 1. The summed E-state index contributed by atoms with van der Waals surface area (Å²) in [6.45, 7) is 6.56. The second-order valence-corrected chi connectivity index (χ2v) is 7.80. The fourth-order valence-corrected chi connectivity index (χ4v) is 2.78. The number of aromatic nitrogens is 4. The number of rotatable bonds is 7. The molecule has 0 saturated carbocycles. The van der Waals surface area contributed by atoms with Crippen molar-refractivity contribution in [2.75, 3.05) is 23.7 Å². The topological polar surface area (TPSA) is 117 Å². The van der Waals surface area contributed by atoms with E-state index in [2.05, 4.69) is 36.1 Å². The SMILES string of the molecule is CC(C)(C)OC(=O)NCCCNc1n[nH]c2ncnc(Nc3cccc(Cl)c3)c12. The lowest BCUT2D eigenvalue weighted by Gasteiger charge is -2.19. The van der Waals surface area contributed by atoms with E-state index >= 15 is 0 Å². The maximum Gasteiger partial charge on any atom is 0.407 e. The summed E-state index contributed by atoms with van der Waals surface area (Å²) in [5, 5.41) is 17.8. The summed E-state index contributed by atoms with van der Waals surface area (Å²) in [7, 11) is 0. The van der Waals surface area contributed by atoms with Gasteiger partial charge >= 0.3 is 6.09 Å². The number of nitrogens with zero attached hydrogens (tertiary/aromatic N) is 3. The lowest BCUT2D eigenvalue weighted by Crippen LogP contribution is -2.33. The smallest absolute Gasteiger partial charge is 0.407 e. The van der Waals surface area contributed by atoms with Crippen LogP contribution in [0.3, 0.4) is 0 Å². The van der Waals surface area contributed by atoms with Crippen LogP contribution < -0.4 is 16.0 Å². The number of carbonyl (C=O) groups excluding carboxylic acids is 1. The Morgan fingerprint density at radius 1 is 1.21 bits per heavy atom. The van der Waals surface area contributed by atoms with Crippen LogP contribution in [0.4, 0.5) is 22.1 Å². The molecule has 3 rings (SSSR count). The van der Waals surface area contributed by atoms with Gasteiger partial charge in [-0.15, -0.1) is 0 Å². The molecule has 2 aromatic heterocycles. The van der Waals surface area contributed by atoms with Crippen LogP contribution in [0, 0.1) is 0 Å². The molecule has 1 aromatic carbocycles. The van der Waals surface area contributed by atoms with Gasteiger partial charge in [-0.1, -0.05) is 17.7 Å². The van der Waals surface area contributed by atoms with E-state index in [9.17, 15) is 4.79 Å². The molecule has 0 radical (unpaired) electrons. The second-order valence-electron chi connectivity index (χ2n) is 7.36. The lowest BCUT2D eigenvalue weighted by molar-refractivity contribution is 0.0528. The van der Waals surface area contributed by atoms with Gasteiger partial charge in [-0.25, -0.2) is 14.8 Å². The number of alkyl carbamates (subject to hydrolysis) is 1. The molecular weight excluding hydrogens is 394 g/mol. The fraction of sp³-hybridized carbons (Fsp3) is 0.368. The molecule has 0 bridgehead atoms. The number of nitrogens with one attached hydrogen (secondary N) is 4. The Morgan fingerprint density at radius 2 is 2.03 bits per heavy atom. The normalized spacial score (nSPS) is 11.3. The highest BCUT2D eigenvalue weighted by Gasteiger charge is 2.16. The van der Waals surface area contributed by atoms with Crippen LogP contribution in [0.2, 0.25) is 5.02 Å². The highest BCUT2D eigenvalue weighted by molar-refractivity contribution is 6.30. The molecule has 1 amide bonds. The molecule has 9 nitrogen and oxygen atoms in total. The van der Waals surface area contributed by atoms with Crippen LogP contribution in [-0.4, -0.2) is 44.9 Å². The Labute approximate surface area is 173 Å². The first-order valence-corrected chi connectivity index (χ1v) is 9.62. The van der Waals surface area contributed by atoms with Crippen LogP contribution in [0.5, 0.6) is 0 Å². The Hall–Kier alpha value is -3.07. The molecule has 0 spiro atoms. The summed E-state index contributed by atoms with van der Waals surface area (Å²) < 4.78 is 5.21. The van der Waals surface area contributed by atoms with E-state index in [1.54, 1.807) is 6.07 Å². The van der Waals surface area contributed by atoms with E-state index in [1.165, 1.54) is 6.33 Å². The number of H-pyrrole nitrogens is 1. The number of benzene rings is 1. The molecular formula is C19H24ClN7O2. The van der Waals surface area contributed by atoms with Crippen molar-refractivity contribution >= 4 is 46.1 Å². The number of anilines is 3. The molecule has 154 valence electrons. The Bertz CT molecular complexity index is 984. The van der Waals surface area contributed by atoms with Gasteiger partial charge in [-0.3, -0.25) is 5.10 Å². The first kappa shape index (κ1) is 20.7. The van der Waals surface area contributed by atoms with Gasteiger partial charge in [0.1, 0.15) is 23.1 Å². The molecule has 3 aromatic rings. The molecule has 0 aliphatic carbocycles. The van der Waals surface area contributed by atoms with Crippen LogP contribution in [0.25, 0.3) is 11.0 Å². The van der Waals surface area contributed by atoms with Crippen LogP contribution in [0.15, 0.2) is 30.6 Å². The molecule has 0 atom stereocenters. The van der Waals surface area contributed by atoms with Gasteiger partial charge in [0, 0.05) is 23.8 Å². The van der Waals surface area contributed by atoms with Crippen molar-refractivity contribution in [3.8, 4) is 0 Å². The van der Waals surface area contributed by atoms with E-state index in [-0.39, 0.29) is 0 Å². The molecule has 0 unspecified atom stereocenters. The average molecular weight is 418 g/mol. The molecule has 0 fully saturated rings. The van der Waals surface area contributed by atoms with Gasteiger partial charge < -0.3 is 20.7 Å². The number of ether oxygens (including phenoxy) is 1. The predicted octanol–water partition coefficient (Wildman–Crippen LogP) is 4.08. The summed E-state index contributed by atoms with van der Waals surface area (Å²) in [5.74, 6) is 1.24. The third kappa shape index (κ3) is 5.95. The zero-order valence-corrected chi connectivity index (χ0v) is 17.3. The predicted molar refractivity (Wildman–Crippen MR) is 114 cm³/mol. The van der Waals surface area contributed by atoms with Crippen LogP contribution >= 0.6 is 11.6 Å². The maximum absolute atomic E-state index is 11.7. The van der Waals surface area contributed by atoms with E-state index in [4.69, 9.17) is 16.3 Å². The minimum atomic E-state index is -0.511. The molecule has 0 aliphatic heterocycles. The zero-order valence-electron chi connectivity index (χ0n) is 16.5. The van der Waals surface area contributed by atoms with Crippen molar-refractivity contribution in [1.29, 1.82) is 0 Å². The largest absolute Gasteiger partial charge is 0.444 e. The third-order valence-electron chi connectivity index (χ3n) is 3.76. The quantitative estimate of drug-likeness (QED) is 0.428. The van der Waals surface area contributed by atoms with E-state index in [0.29, 0.717) is 41.8 Å². The first-order chi connectivity index (χ1) is 13.8. The van der Waals surface area contributed by atoms with Crippen molar-refractivity contribution in [2.24, 2.45) is 0 Å². The van der Waals surface area contributed by atoms with Gasteiger partial charge in [0.05, 0.1) is 0 Å². The Balaban J connectivity index is 1.60. The summed E-state index contributed by atoms with van der Waals surface area (Å²) in [5.41, 5.74) is 0.910. The van der Waals surface area contributed by atoms with Crippen molar-refractivity contribution in [3.05, 3.63) is 35.6 Å². The van der Waals surface area contributed by atoms with E-state index < -0.39 is 11.7 Å². The molecule has 29 heavy (non-hydrogen) atoms. The molecule has 2 heterocycles. The minimum Gasteiger partial charge on any atom is -0.444 e. The molecule has 10 heteroatoms. The highest BCUT2D eigenvalue weighted by atomic mass is 35.5. The van der Waals surface area contributed by atoms with E-state index in [0.717, 1.165) is 11.1 Å². The number of fused-ring (bicyclic) bond motifs is 1. The monoisotopic (exact) mass is 417 g/mol. The van der Waals surface area contributed by atoms with E-state index in [1.807, 2.05) is 39.0 Å². The van der Waals surface area contributed by atoms with Crippen molar-refractivity contribution in [3.63, 3.8) is 0 Å². The third-order valence-corrected chi connectivity index (χ3v) is 3.99. The zero-order chi connectivity index (χ0) is 20.9. The fourth-order valence-electron chi connectivity index (χ4n) is 2.58. The molecule has 0 saturated heterocycles. The summed E-state index contributed by atoms with van der Waals surface area (Å²) >= 11 is 6.05. The minimum absolute atomic E-state index is 0.427. The molecule has 0 aliphatic rings. The van der Waals surface area contributed by atoms with Gasteiger partial charge in [0.15, 0.2) is 11.5 Å². The van der Waals surface area contributed by atoms with Gasteiger partial charge in [0.2, 0.25) is 0 Å². The first-order valence-electron chi connectivity index (χ1n) is 9.24. The van der Waals surface area contributed by atoms with Crippen molar-refractivity contribution in [1.82, 2.24) is 25.5 Å². The summed E-state index contributed by atoms with van der Waals surface area (Å²) in [4.78, 5) is 20.2. The number of carbonyl (C=O) groups is 1.